The van der Waals surface area contributed by atoms with Gasteiger partial charge in [-0.2, -0.15) is 13.2 Å². The van der Waals surface area contributed by atoms with Crippen LogP contribution in [0.15, 0.2) is 73.2 Å². The fourth-order valence-electron chi connectivity index (χ4n) is 4.05. The number of primary amides is 1. The largest absolute Gasteiger partial charge is 0.484 e. The van der Waals surface area contributed by atoms with Crippen molar-refractivity contribution in [1.82, 2.24) is 14.5 Å². The van der Waals surface area contributed by atoms with E-state index in [0.29, 0.717) is 15.7 Å². The third kappa shape index (κ3) is 4.90. The molecule has 0 aliphatic heterocycles. The predicted octanol–water partition coefficient (Wildman–Crippen LogP) is 7.06. The maximum Gasteiger partial charge on any atom is 0.416 e. The highest BCUT2D eigenvalue weighted by atomic mass is 35.5. The summed E-state index contributed by atoms with van der Waals surface area (Å²) in [6, 6.07) is 16.0. The molecule has 0 fully saturated rings. The molecule has 6 nitrogen and oxygen atoms in total. The second-order valence-corrected chi connectivity index (χ2v) is 9.59. The standard InChI is InChI=1S/C26H18ClF3N4O2S/c1-14(17-4-2-3-5-18(17)26(28,29)30)36-21-12-23(37-24(21)25(31)35)34-13-33-19-7-6-15(10-20(19)34)16-8-9-32-22(27)11-16/h2-14H,1H3,(H2,31,35)/t14-/m1/s1. The van der Waals surface area contributed by atoms with Crippen LogP contribution in [0.3, 0.4) is 0 Å². The Labute approximate surface area is 218 Å². The molecular weight excluding hydrogens is 525 g/mol. The number of carbonyl (C=O) groups excluding carboxylic acids is 1. The van der Waals surface area contributed by atoms with Gasteiger partial charge < -0.3 is 10.5 Å². The van der Waals surface area contributed by atoms with Gasteiger partial charge in [-0.3, -0.25) is 9.36 Å². The molecule has 5 rings (SSSR count). The highest BCUT2D eigenvalue weighted by molar-refractivity contribution is 7.16. The van der Waals surface area contributed by atoms with Crippen LogP contribution < -0.4 is 10.5 Å². The van der Waals surface area contributed by atoms with Crippen molar-refractivity contribution in [2.24, 2.45) is 5.73 Å². The molecule has 0 radical (unpaired) electrons. The van der Waals surface area contributed by atoms with Crippen molar-refractivity contribution in [1.29, 1.82) is 0 Å². The number of aromatic nitrogens is 3. The Balaban J connectivity index is 1.54. The van der Waals surface area contributed by atoms with Crippen molar-refractivity contribution in [3.05, 3.63) is 94.3 Å². The van der Waals surface area contributed by atoms with Crippen LogP contribution in [0.25, 0.3) is 27.2 Å². The molecule has 0 bridgehead atoms. The number of amides is 1. The molecule has 5 aromatic rings. The molecule has 0 saturated carbocycles. The molecule has 188 valence electrons. The lowest BCUT2D eigenvalue weighted by Gasteiger charge is -2.19. The minimum Gasteiger partial charge on any atom is -0.484 e. The first-order chi connectivity index (χ1) is 17.6. The van der Waals surface area contributed by atoms with Crippen molar-refractivity contribution < 1.29 is 22.7 Å². The van der Waals surface area contributed by atoms with E-state index in [1.165, 1.54) is 25.1 Å². The first kappa shape index (κ1) is 24.8. The van der Waals surface area contributed by atoms with Crippen molar-refractivity contribution in [2.45, 2.75) is 19.2 Å². The fraction of sp³-hybridized carbons (Fsp3) is 0.115. The molecule has 3 aromatic heterocycles. The van der Waals surface area contributed by atoms with E-state index >= 15 is 0 Å². The number of nitrogens with two attached hydrogens (primary N) is 1. The van der Waals surface area contributed by atoms with Gasteiger partial charge in [0.15, 0.2) is 0 Å². The number of hydrogen-bond acceptors (Lipinski definition) is 5. The third-order valence-electron chi connectivity index (χ3n) is 5.76. The molecule has 0 unspecified atom stereocenters. The average Bonchev–Trinajstić information content (AvgIpc) is 3.47. The van der Waals surface area contributed by atoms with Crippen molar-refractivity contribution in [3.63, 3.8) is 0 Å². The van der Waals surface area contributed by atoms with Crippen LogP contribution in [0.5, 0.6) is 5.75 Å². The van der Waals surface area contributed by atoms with Gasteiger partial charge >= 0.3 is 6.18 Å². The van der Waals surface area contributed by atoms with E-state index in [9.17, 15) is 18.0 Å². The molecule has 2 N–H and O–H groups in total. The number of nitrogens with zero attached hydrogens (tertiary/aromatic N) is 3. The van der Waals surface area contributed by atoms with Gasteiger partial charge in [-0.05, 0) is 48.4 Å². The van der Waals surface area contributed by atoms with Gasteiger partial charge in [-0.15, -0.1) is 11.3 Å². The van der Waals surface area contributed by atoms with Gasteiger partial charge in [0.25, 0.3) is 5.91 Å². The number of pyridine rings is 1. The number of ether oxygens (including phenoxy) is 1. The molecule has 1 amide bonds. The zero-order chi connectivity index (χ0) is 26.3. The zero-order valence-corrected chi connectivity index (χ0v) is 20.7. The topological polar surface area (TPSA) is 83.0 Å². The van der Waals surface area contributed by atoms with Crippen LogP contribution in [0.2, 0.25) is 5.15 Å². The molecule has 0 aliphatic carbocycles. The second kappa shape index (κ2) is 9.53. The summed E-state index contributed by atoms with van der Waals surface area (Å²) in [5.74, 6) is -0.657. The number of imidazole rings is 1. The van der Waals surface area contributed by atoms with E-state index in [1.807, 2.05) is 24.3 Å². The Kier molecular flexibility index (Phi) is 6.38. The van der Waals surface area contributed by atoms with Gasteiger partial charge in [-0.1, -0.05) is 35.9 Å². The lowest BCUT2D eigenvalue weighted by Crippen LogP contribution is -2.15. The summed E-state index contributed by atoms with van der Waals surface area (Å²) in [5, 5.41) is 0.922. The van der Waals surface area contributed by atoms with Crippen LogP contribution in [0, 0.1) is 0 Å². The van der Waals surface area contributed by atoms with E-state index in [-0.39, 0.29) is 16.2 Å². The normalized spacial score (nSPS) is 12.6. The number of fused-ring (bicyclic) bond motifs is 1. The molecule has 0 spiro atoms. The third-order valence-corrected chi connectivity index (χ3v) is 7.10. The lowest BCUT2D eigenvalue weighted by molar-refractivity contribution is -0.138. The molecule has 11 heteroatoms. The highest BCUT2D eigenvalue weighted by Crippen LogP contribution is 2.39. The van der Waals surface area contributed by atoms with Gasteiger partial charge in [0.1, 0.15) is 33.2 Å². The SMILES string of the molecule is C[C@@H](Oc1cc(-n2cnc3ccc(-c4ccnc(Cl)c4)cc32)sc1C(N)=O)c1ccccc1C(F)(F)F. The average molecular weight is 543 g/mol. The quantitative estimate of drug-likeness (QED) is 0.233. The number of benzene rings is 2. The molecule has 0 aliphatic rings. The predicted molar refractivity (Wildman–Crippen MR) is 136 cm³/mol. The monoisotopic (exact) mass is 542 g/mol. The fourth-order valence-corrected chi connectivity index (χ4v) is 5.15. The first-order valence-electron chi connectivity index (χ1n) is 11.0. The van der Waals surface area contributed by atoms with Crippen molar-refractivity contribution in [2.75, 3.05) is 0 Å². The Morgan fingerprint density at radius 3 is 2.57 bits per heavy atom. The summed E-state index contributed by atoms with van der Waals surface area (Å²) in [6.07, 6.45) is -2.34. The van der Waals surface area contributed by atoms with E-state index in [4.69, 9.17) is 22.1 Å². The van der Waals surface area contributed by atoms with Crippen LogP contribution >= 0.6 is 22.9 Å². The van der Waals surface area contributed by atoms with E-state index < -0.39 is 23.8 Å². The Morgan fingerprint density at radius 2 is 1.84 bits per heavy atom. The Bertz CT molecular complexity index is 1630. The summed E-state index contributed by atoms with van der Waals surface area (Å²) < 4.78 is 48.2. The van der Waals surface area contributed by atoms with E-state index in [0.717, 1.165) is 34.0 Å². The molecule has 2 aromatic carbocycles. The summed E-state index contributed by atoms with van der Waals surface area (Å²) in [5.41, 5.74) is 7.92. The number of thiophene rings is 1. The molecule has 3 heterocycles. The van der Waals surface area contributed by atoms with Gasteiger partial charge in [0.05, 0.1) is 16.6 Å². The molecule has 1 atom stereocenters. The molecule has 37 heavy (non-hydrogen) atoms. The van der Waals surface area contributed by atoms with E-state index in [2.05, 4.69) is 9.97 Å². The van der Waals surface area contributed by atoms with Crippen molar-refractivity contribution in [3.8, 4) is 21.9 Å². The van der Waals surface area contributed by atoms with Crippen molar-refractivity contribution >= 4 is 39.9 Å². The smallest absolute Gasteiger partial charge is 0.416 e. The first-order valence-corrected chi connectivity index (χ1v) is 12.2. The summed E-state index contributed by atoms with van der Waals surface area (Å²) in [4.78, 5) is 20.7. The van der Waals surface area contributed by atoms with Crippen LogP contribution in [0.1, 0.15) is 33.8 Å². The van der Waals surface area contributed by atoms with Gasteiger partial charge in [0, 0.05) is 17.8 Å². The van der Waals surface area contributed by atoms with Crippen LogP contribution in [0.4, 0.5) is 13.2 Å². The summed E-state index contributed by atoms with van der Waals surface area (Å²) in [7, 11) is 0. The van der Waals surface area contributed by atoms with Crippen LogP contribution in [-0.4, -0.2) is 20.4 Å². The minimum atomic E-state index is -4.55. The Morgan fingerprint density at radius 1 is 1.08 bits per heavy atom. The number of hydrogen-bond donors (Lipinski definition) is 1. The number of rotatable bonds is 6. The maximum atomic E-state index is 13.5. The molecule has 0 saturated heterocycles. The van der Waals surface area contributed by atoms with E-state index in [1.54, 1.807) is 29.2 Å². The van der Waals surface area contributed by atoms with Gasteiger partial charge in [-0.25, -0.2) is 9.97 Å². The zero-order valence-electron chi connectivity index (χ0n) is 19.2. The maximum absolute atomic E-state index is 13.5. The Hall–Kier alpha value is -3.89. The number of halogens is 4. The highest BCUT2D eigenvalue weighted by Gasteiger charge is 2.35. The van der Waals surface area contributed by atoms with Gasteiger partial charge in [0.2, 0.25) is 0 Å². The molecular formula is C26H18ClF3N4O2S. The number of carbonyl (C=O) groups is 1. The van der Waals surface area contributed by atoms with Crippen LogP contribution in [-0.2, 0) is 6.18 Å². The number of alkyl halides is 3. The summed E-state index contributed by atoms with van der Waals surface area (Å²) in [6.45, 7) is 1.49. The lowest BCUT2D eigenvalue weighted by atomic mass is 10.0. The second-order valence-electron chi connectivity index (χ2n) is 8.17. The minimum absolute atomic E-state index is 0.0492. The summed E-state index contributed by atoms with van der Waals surface area (Å²) >= 11 is 7.10.